The van der Waals surface area contributed by atoms with Crippen LogP contribution in [0.5, 0.6) is 0 Å². The highest BCUT2D eigenvalue weighted by molar-refractivity contribution is 7.92. The Kier molecular flexibility index (Phi) is 10.7. The van der Waals surface area contributed by atoms with Gasteiger partial charge in [-0.1, -0.05) is 49.4 Å². The number of hydrogen-bond acceptors (Lipinski definition) is 4. The summed E-state index contributed by atoms with van der Waals surface area (Å²) in [6.07, 6.45) is 2.79. The molecule has 0 spiro atoms. The number of amides is 2. The molecule has 1 N–H and O–H groups in total. The first-order valence-corrected chi connectivity index (χ1v) is 14.8. The second kappa shape index (κ2) is 13.1. The lowest BCUT2D eigenvalue weighted by Crippen LogP contribution is -2.54. The molecule has 0 aliphatic rings. The van der Waals surface area contributed by atoms with E-state index < -0.39 is 21.6 Å². The molecule has 0 aromatic heterocycles. The van der Waals surface area contributed by atoms with Crippen LogP contribution >= 0.6 is 0 Å². The molecule has 2 rings (SSSR count). The van der Waals surface area contributed by atoms with Crippen molar-refractivity contribution < 1.29 is 18.0 Å². The summed E-state index contributed by atoms with van der Waals surface area (Å²) in [6.45, 7) is 12.1. The molecule has 0 aliphatic carbocycles. The highest BCUT2D eigenvalue weighted by Gasteiger charge is 2.30. The molecule has 2 aromatic carbocycles. The van der Waals surface area contributed by atoms with Crippen molar-refractivity contribution in [2.75, 3.05) is 23.7 Å². The molecule has 2 amide bonds. The Bertz CT molecular complexity index is 1160. The molecule has 0 saturated carbocycles. The third-order valence-corrected chi connectivity index (χ3v) is 7.33. The molecule has 0 saturated heterocycles. The summed E-state index contributed by atoms with van der Waals surface area (Å²) in [5.41, 5.74) is 3.13. The van der Waals surface area contributed by atoms with Gasteiger partial charge < -0.3 is 10.2 Å². The predicted molar refractivity (Wildman–Crippen MR) is 151 cm³/mol. The van der Waals surface area contributed by atoms with Crippen LogP contribution in [0.15, 0.2) is 48.5 Å². The number of aryl methyl sites for hydroxylation is 2. The van der Waals surface area contributed by atoms with Crippen molar-refractivity contribution >= 4 is 27.5 Å². The molecule has 7 nitrogen and oxygen atoms in total. The summed E-state index contributed by atoms with van der Waals surface area (Å²) < 4.78 is 26.6. The van der Waals surface area contributed by atoms with E-state index in [1.165, 1.54) is 10.6 Å². The fourth-order valence-electron chi connectivity index (χ4n) is 4.32. The van der Waals surface area contributed by atoms with E-state index in [9.17, 15) is 18.0 Å². The number of benzene rings is 2. The van der Waals surface area contributed by atoms with Gasteiger partial charge in [0.25, 0.3) is 0 Å². The van der Waals surface area contributed by atoms with Crippen LogP contribution in [0.4, 0.5) is 5.69 Å². The Morgan fingerprint density at radius 2 is 1.65 bits per heavy atom. The molecule has 1 atom stereocenters. The maximum Gasteiger partial charge on any atom is 0.243 e. The largest absolute Gasteiger partial charge is 0.350 e. The average molecular weight is 530 g/mol. The third-order valence-electron chi connectivity index (χ3n) is 6.15. The lowest BCUT2D eigenvalue weighted by molar-refractivity contribution is -0.141. The molecule has 8 heteroatoms. The number of nitrogens with zero attached hydrogens (tertiary/aromatic N) is 2. The van der Waals surface area contributed by atoms with Crippen LogP contribution in [-0.4, -0.2) is 56.1 Å². The molecule has 0 bridgehead atoms. The minimum Gasteiger partial charge on any atom is -0.350 e. The Morgan fingerprint density at radius 1 is 1.00 bits per heavy atom. The van der Waals surface area contributed by atoms with Gasteiger partial charge in [-0.05, 0) is 76.6 Å². The summed E-state index contributed by atoms with van der Waals surface area (Å²) in [6, 6.07) is 15.0. The minimum atomic E-state index is -3.53. The van der Waals surface area contributed by atoms with Crippen molar-refractivity contribution in [1.29, 1.82) is 0 Å². The van der Waals surface area contributed by atoms with Crippen LogP contribution in [0, 0.1) is 13.8 Å². The normalized spacial score (nSPS) is 12.6. The summed E-state index contributed by atoms with van der Waals surface area (Å²) in [4.78, 5) is 28.3. The van der Waals surface area contributed by atoms with Crippen molar-refractivity contribution in [3.63, 3.8) is 0 Å². The van der Waals surface area contributed by atoms with Crippen LogP contribution in [-0.2, 0) is 26.0 Å². The number of carbonyl (C=O) groups is 2. The SMILES string of the molecule is CCC(C(=O)NC(C)(C)C)N(CCc1ccccc1)C(=O)CCCN(c1cc(C)ccc1C)S(C)(=O)=O. The molecule has 2 aromatic rings. The second-order valence-corrected chi connectivity index (χ2v) is 12.6. The summed E-state index contributed by atoms with van der Waals surface area (Å²) in [5.74, 6) is -0.328. The first-order chi connectivity index (χ1) is 17.2. The molecular weight excluding hydrogens is 486 g/mol. The number of carbonyl (C=O) groups excluding carboxylic acids is 2. The van der Waals surface area contributed by atoms with E-state index in [0.29, 0.717) is 31.5 Å². The highest BCUT2D eigenvalue weighted by atomic mass is 32.2. The van der Waals surface area contributed by atoms with Crippen LogP contribution in [0.2, 0.25) is 0 Å². The van der Waals surface area contributed by atoms with E-state index in [0.717, 1.165) is 16.7 Å². The van der Waals surface area contributed by atoms with Gasteiger partial charge in [0, 0.05) is 25.0 Å². The maximum absolute atomic E-state index is 13.5. The zero-order valence-electron chi connectivity index (χ0n) is 23.4. The van der Waals surface area contributed by atoms with Crippen LogP contribution in [0.1, 0.15) is 63.6 Å². The monoisotopic (exact) mass is 529 g/mol. The third kappa shape index (κ3) is 9.50. The van der Waals surface area contributed by atoms with Gasteiger partial charge in [-0.15, -0.1) is 0 Å². The lowest BCUT2D eigenvalue weighted by Gasteiger charge is -2.33. The van der Waals surface area contributed by atoms with E-state index in [-0.39, 0.29) is 24.8 Å². The minimum absolute atomic E-state index is 0.144. The molecular formula is C29H43N3O4S. The van der Waals surface area contributed by atoms with Crippen molar-refractivity contribution in [1.82, 2.24) is 10.2 Å². The van der Waals surface area contributed by atoms with Gasteiger partial charge >= 0.3 is 0 Å². The number of sulfonamides is 1. The van der Waals surface area contributed by atoms with E-state index in [4.69, 9.17) is 0 Å². The molecule has 204 valence electrons. The smallest absolute Gasteiger partial charge is 0.243 e. The Morgan fingerprint density at radius 3 is 2.22 bits per heavy atom. The van der Waals surface area contributed by atoms with E-state index in [1.807, 2.05) is 90.1 Å². The van der Waals surface area contributed by atoms with Crippen LogP contribution in [0.3, 0.4) is 0 Å². The Hall–Kier alpha value is -2.87. The van der Waals surface area contributed by atoms with Gasteiger partial charge in [-0.2, -0.15) is 0 Å². The number of rotatable bonds is 12. The van der Waals surface area contributed by atoms with Gasteiger partial charge in [0.15, 0.2) is 0 Å². The van der Waals surface area contributed by atoms with Crippen molar-refractivity contribution in [3.8, 4) is 0 Å². The molecule has 0 heterocycles. The molecule has 1 unspecified atom stereocenters. The molecule has 0 fully saturated rings. The Labute approximate surface area is 223 Å². The summed E-state index contributed by atoms with van der Waals surface area (Å²) in [7, 11) is -3.53. The first kappa shape index (κ1) is 30.4. The topological polar surface area (TPSA) is 86.8 Å². The quantitative estimate of drug-likeness (QED) is 0.435. The van der Waals surface area contributed by atoms with Gasteiger partial charge in [0.1, 0.15) is 6.04 Å². The zero-order valence-corrected chi connectivity index (χ0v) is 24.2. The second-order valence-electron chi connectivity index (χ2n) is 10.7. The fourth-order valence-corrected chi connectivity index (χ4v) is 5.33. The zero-order chi connectivity index (χ0) is 27.8. The summed E-state index contributed by atoms with van der Waals surface area (Å²) in [5, 5.41) is 3.01. The number of anilines is 1. The van der Waals surface area contributed by atoms with Crippen LogP contribution < -0.4 is 9.62 Å². The average Bonchev–Trinajstić information content (AvgIpc) is 2.79. The van der Waals surface area contributed by atoms with E-state index in [1.54, 1.807) is 4.90 Å². The maximum atomic E-state index is 13.5. The molecule has 37 heavy (non-hydrogen) atoms. The van der Waals surface area contributed by atoms with Gasteiger partial charge in [-0.25, -0.2) is 8.42 Å². The lowest BCUT2D eigenvalue weighted by atomic mass is 10.0. The van der Waals surface area contributed by atoms with Crippen molar-refractivity contribution in [3.05, 3.63) is 65.2 Å². The molecule has 0 aliphatic heterocycles. The first-order valence-electron chi connectivity index (χ1n) is 12.9. The van der Waals surface area contributed by atoms with Gasteiger partial charge in [0.05, 0.1) is 11.9 Å². The summed E-state index contributed by atoms with van der Waals surface area (Å²) >= 11 is 0. The van der Waals surface area contributed by atoms with Gasteiger partial charge in [-0.3, -0.25) is 13.9 Å². The van der Waals surface area contributed by atoms with Gasteiger partial charge in [0.2, 0.25) is 21.8 Å². The molecule has 0 radical (unpaired) electrons. The van der Waals surface area contributed by atoms with Crippen molar-refractivity contribution in [2.45, 2.75) is 78.8 Å². The number of nitrogens with one attached hydrogen (secondary N) is 1. The van der Waals surface area contributed by atoms with E-state index in [2.05, 4.69) is 5.32 Å². The fraction of sp³-hybridized carbons (Fsp3) is 0.517. The highest BCUT2D eigenvalue weighted by Crippen LogP contribution is 2.24. The van der Waals surface area contributed by atoms with E-state index >= 15 is 0 Å². The standard InChI is InChI=1S/C29H43N3O4S/c1-8-25(28(34)30-29(4,5)6)31(20-18-24-13-10-9-11-14-24)27(33)15-12-19-32(37(7,35)36)26-21-22(2)16-17-23(26)3/h9-11,13-14,16-17,21,25H,8,12,15,18-20H2,1-7H3,(H,30,34). The van der Waals surface area contributed by atoms with Crippen LogP contribution in [0.25, 0.3) is 0 Å². The Balaban J connectivity index is 2.21. The predicted octanol–water partition coefficient (Wildman–Crippen LogP) is 4.61. The number of hydrogen-bond donors (Lipinski definition) is 1. The van der Waals surface area contributed by atoms with Crippen molar-refractivity contribution in [2.24, 2.45) is 0 Å².